The number of fused-ring (bicyclic) bond motifs is 1. The predicted octanol–water partition coefficient (Wildman–Crippen LogP) is 2.79. The zero-order valence-electron chi connectivity index (χ0n) is 11.7. The largest absolute Gasteiger partial charge is 0.383 e. The first-order valence-electron chi connectivity index (χ1n) is 7.41. The molecular formula is C15H18IN5. The molecule has 0 aromatic carbocycles. The summed E-state index contributed by atoms with van der Waals surface area (Å²) in [6.45, 7) is 2.45. The van der Waals surface area contributed by atoms with Crippen molar-refractivity contribution in [2.24, 2.45) is 5.92 Å². The molecule has 6 heteroatoms. The maximum atomic E-state index is 5.97. The molecule has 1 aliphatic carbocycles. The number of likely N-dealkylation sites (tertiary alicyclic amines) is 1. The average Bonchev–Trinajstić information content (AvgIpc) is 2.68. The normalized spacial score (nSPS) is 25.3. The summed E-state index contributed by atoms with van der Waals surface area (Å²) in [6, 6.07) is 0.538. The molecule has 0 amide bonds. The Hall–Kier alpha value is -1.31. The standard InChI is InChI=1S/C15H18IN5/c16-12-8-21(15-13(12)14(17)18-9-19-15)11-6-10(7-11)2-5-20-3-1-4-20/h2,5,8-11H,1,3-4,6-7H2,(H2,17,18,19)/b5-2+. The van der Waals surface area contributed by atoms with Crippen LogP contribution in [0.3, 0.4) is 0 Å². The number of nitrogens with two attached hydrogens (primary N) is 1. The third-order valence-electron chi connectivity index (χ3n) is 4.60. The van der Waals surface area contributed by atoms with E-state index in [0.717, 1.165) is 14.6 Å². The number of nitrogens with zero attached hydrogens (tertiary/aromatic N) is 4. The van der Waals surface area contributed by atoms with Crippen LogP contribution in [0.1, 0.15) is 25.3 Å². The lowest BCUT2D eigenvalue weighted by atomic mass is 9.80. The van der Waals surface area contributed by atoms with E-state index >= 15 is 0 Å². The van der Waals surface area contributed by atoms with Crippen LogP contribution in [0, 0.1) is 9.49 Å². The van der Waals surface area contributed by atoms with E-state index in [1.807, 2.05) is 0 Å². The van der Waals surface area contributed by atoms with Crippen LogP contribution in [0.5, 0.6) is 0 Å². The fraction of sp³-hybridized carbons (Fsp3) is 0.467. The molecule has 1 saturated carbocycles. The maximum absolute atomic E-state index is 5.97. The van der Waals surface area contributed by atoms with Crippen molar-refractivity contribution in [3.63, 3.8) is 0 Å². The van der Waals surface area contributed by atoms with Crippen LogP contribution in [0.15, 0.2) is 24.8 Å². The second-order valence-corrected chi connectivity index (χ2v) is 7.12. The molecule has 3 heterocycles. The Kier molecular flexibility index (Phi) is 3.28. The molecule has 21 heavy (non-hydrogen) atoms. The molecule has 2 aromatic rings. The Balaban J connectivity index is 1.51. The summed E-state index contributed by atoms with van der Waals surface area (Å²) in [5.41, 5.74) is 6.95. The highest BCUT2D eigenvalue weighted by Crippen LogP contribution is 2.41. The summed E-state index contributed by atoms with van der Waals surface area (Å²) in [6.07, 6.45) is 12.1. The molecule has 0 spiro atoms. The molecule has 5 nitrogen and oxygen atoms in total. The number of hydrogen-bond donors (Lipinski definition) is 1. The van der Waals surface area contributed by atoms with Gasteiger partial charge < -0.3 is 15.2 Å². The zero-order chi connectivity index (χ0) is 14.4. The van der Waals surface area contributed by atoms with Crippen LogP contribution in [-0.4, -0.2) is 32.5 Å². The van der Waals surface area contributed by atoms with Gasteiger partial charge in [0.05, 0.1) is 5.39 Å². The van der Waals surface area contributed by atoms with Gasteiger partial charge in [-0.1, -0.05) is 6.08 Å². The average molecular weight is 395 g/mol. The van der Waals surface area contributed by atoms with Crippen LogP contribution in [0.2, 0.25) is 0 Å². The van der Waals surface area contributed by atoms with Gasteiger partial charge in [-0.2, -0.15) is 0 Å². The van der Waals surface area contributed by atoms with Gasteiger partial charge in [-0.3, -0.25) is 0 Å². The quantitative estimate of drug-likeness (QED) is 0.813. The fourth-order valence-corrected chi connectivity index (χ4v) is 3.91. The highest BCUT2D eigenvalue weighted by Gasteiger charge is 2.30. The highest BCUT2D eigenvalue weighted by atomic mass is 127. The third kappa shape index (κ3) is 2.29. The lowest BCUT2D eigenvalue weighted by Crippen LogP contribution is -2.32. The van der Waals surface area contributed by atoms with E-state index in [1.54, 1.807) is 6.33 Å². The van der Waals surface area contributed by atoms with E-state index in [1.165, 1.54) is 32.4 Å². The van der Waals surface area contributed by atoms with Gasteiger partial charge in [0.1, 0.15) is 17.8 Å². The molecule has 2 aliphatic rings. The molecule has 0 unspecified atom stereocenters. The summed E-state index contributed by atoms with van der Waals surface area (Å²) >= 11 is 2.32. The molecule has 0 atom stereocenters. The summed E-state index contributed by atoms with van der Waals surface area (Å²) in [4.78, 5) is 10.9. The van der Waals surface area contributed by atoms with Gasteiger partial charge in [0.25, 0.3) is 0 Å². The maximum Gasteiger partial charge on any atom is 0.146 e. The lowest BCUT2D eigenvalue weighted by Gasteiger charge is -2.36. The van der Waals surface area contributed by atoms with Crippen LogP contribution in [-0.2, 0) is 0 Å². The van der Waals surface area contributed by atoms with Crippen LogP contribution in [0.4, 0.5) is 5.82 Å². The van der Waals surface area contributed by atoms with Crippen molar-refractivity contribution < 1.29 is 0 Å². The van der Waals surface area contributed by atoms with Gasteiger partial charge in [0, 0.05) is 28.9 Å². The number of halogens is 1. The Bertz CT molecular complexity index is 697. The van der Waals surface area contributed by atoms with Gasteiger partial charge in [-0.25, -0.2) is 9.97 Å². The minimum atomic E-state index is 0.538. The van der Waals surface area contributed by atoms with Gasteiger partial charge >= 0.3 is 0 Å². The molecular weight excluding hydrogens is 377 g/mol. The third-order valence-corrected chi connectivity index (χ3v) is 5.41. The molecule has 2 N–H and O–H groups in total. The van der Waals surface area contributed by atoms with Crippen molar-refractivity contribution in [1.82, 2.24) is 19.4 Å². The summed E-state index contributed by atoms with van der Waals surface area (Å²) in [5, 5.41) is 0.998. The Labute approximate surface area is 137 Å². The van der Waals surface area contributed by atoms with E-state index in [-0.39, 0.29) is 0 Å². The van der Waals surface area contributed by atoms with Crippen molar-refractivity contribution in [2.75, 3.05) is 18.8 Å². The summed E-state index contributed by atoms with van der Waals surface area (Å²) < 4.78 is 3.42. The van der Waals surface area contributed by atoms with E-state index in [9.17, 15) is 0 Å². The first-order valence-corrected chi connectivity index (χ1v) is 8.49. The minimum absolute atomic E-state index is 0.538. The van der Waals surface area contributed by atoms with Gasteiger partial charge in [0.2, 0.25) is 0 Å². The Morgan fingerprint density at radius 1 is 1.29 bits per heavy atom. The van der Waals surface area contributed by atoms with Gasteiger partial charge in [-0.05, 0) is 54.0 Å². The van der Waals surface area contributed by atoms with E-state index in [4.69, 9.17) is 5.73 Å². The first kappa shape index (κ1) is 13.4. The number of anilines is 1. The van der Waals surface area contributed by atoms with Gasteiger partial charge in [-0.15, -0.1) is 0 Å². The van der Waals surface area contributed by atoms with Crippen molar-refractivity contribution >= 4 is 39.4 Å². The molecule has 1 aliphatic heterocycles. The fourth-order valence-electron chi connectivity index (χ4n) is 3.09. The van der Waals surface area contributed by atoms with Crippen molar-refractivity contribution in [1.29, 1.82) is 0 Å². The van der Waals surface area contributed by atoms with Crippen molar-refractivity contribution in [2.45, 2.75) is 25.3 Å². The molecule has 110 valence electrons. The smallest absolute Gasteiger partial charge is 0.146 e. The SMILES string of the molecule is Nc1ncnc2c1c(I)cn2C1CC(/C=C/N2CCC2)C1. The number of aromatic nitrogens is 3. The van der Waals surface area contributed by atoms with E-state index < -0.39 is 0 Å². The minimum Gasteiger partial charge on any atom is -0.383 e. The topological polar surface area (TPSA) is 60.0 Å². The number of allylic oxidation sites excluding steroid dienone is 1. The predicted molar refractivity (Wildman–Crippen MR) is 91.7 cm³/mol. The first-order chi connectivity index (χ1) is 10.2. The van der Waals surface area contributed by atoms with Crippen LogP contribution < -0.4 is 5.73 Å². The van der Waals surface area contributed by atoms with Crippen LogP contribution >= 0.6 is 22.6 Å². The van der Waals surface area contributed by atoms with E-state index in [0.29, 0.717) is 17.8 Å². The Morgan fingerprint density at radius 3 is 2.81 bits per heavy atom. The molecule has 1 saturated heterocycles. The van der Waals surface area contributed by atoms with Crippen LogP contribution in [0.25, 0.3) is 11.0 Å². The molecule has 4 rings (SSSR count). The molecule has 0 bridgehead atoms. The number of nitrogen functional groups attached to an aromatic ring is 1. The van der Waals surface area contributed by atoms with Gasteiger partial charge in [0.15, 0.2) is 0 Å². The number of hydrogen-bond acceptors (Lipinski definition) is 4. The highest BCUT2D eigenvalue weighted by molar-refractivity contribution is 14.1. The summed E-state index contributed by atoms with van der Waals surface area (Å²) in [5.74, 6) is 1.28. The summed E-state index contributed by atoms with van der Waals surface area (Å²) in [7, 11) is 0. The number of rotatable bonds is 3. The second-order valence-electron chi connectivity index (χ2n) is 5.96. The monoisotopic (exact) mass is 395 g/mol. The molecule has 0 radical (unpaired) electrons. The molecule has 2 aromatic heterocycles. The second kappa shape index (κ2) is 5.15. The Morgan fingerprint density at radius 2 is 2.10 bits per heavy atom. The zero-order valence-corrected chi connectivity index (χ0v) is 13.9. The lowest BCUT2D eigenvalue weighted by molar-refractivity contribution is 0.232. The molecule has 2 fully saturated rings. The van der Waals surface area contributed by atoms with Crippen molar-refractivity contribution in [3.05, 3.63) is 28.4 Å². The van der Waals surface area contributed by atoms with Crippen molar-refractivity contribution in [3.8, 4) is 0 Å². The van der Waals surface area contributed by atoms with E-state index in [2.05, 4.69) is 60.5 Å².